The number of ether oxygens (including phenoxy) is 1. The zero-order chi connectivity index (χ0) is 10.6. The molecular formula is C12H25NO. The van der Waals surface area contributed by atoms with Gasteiger partial charge >= 0.3 is 0 Å². The molecule has 84 valence electrons. The van der Waals surface area contributed by atoms with Gasteiger partial charge in [0.1, 0.15) is 0 Å². The van der Waals surface area contributed by atoms with Gasteiger partial charge in [0.2, 0.25) is 0 Å². The lowest BCUT2D eigenvalue weighted by molar-refractivity contribution is 0.0532. The van der Waals surface area contributed by atoms with E-state index >= 15 is 0 Å². The monoisotopic (exact) mass is 199 g/mol. The average Bonchev–Trinajstić information content (AvgIpc) is 2.52. The lowest BCUT2D eigenvalue weighted by Crippen LogP contribution is -2.38. The van der Waals surface area contributed by atoms with E-state index in [-0.39, 0.29) is 0 Å². The smallest absolute Gasteiger partial charge is 0.0704 e. The SMILES string of the molecule is CCC(NCC1CCC(C)O1)C(C)C. The molecule has 1 aliphatic rings. The van der Waals surface area contributed by atoms with Crippen molar-refractivity contribution in [3.05, 3.63) is 0 Å². The minimum absolute atomic E-state index is 0.456. The minimum Gasteiger partial charge on any atom is -0.374 e. The van der Waals surface area contributed by atoms with E-state index in [0.29, 0.717) is 18.2 Å². The molecule has 0 aromatic carbocycles. The second-order valence-corrected chi connectivity index (χ2v) is 4.81. The van der Waals surface area contributed by atoms with E-state index in [1.165, 1.54) is 19.3 Å². The zero-order valence-electron chi connectivity index (χ0n) is 10.0. The van der Waals surface area contributed by atoms with E-state index in [2.05, 4.69) is 33.0 Å². The van der Waals surface area contributed by atoms with Crippen molar-refractivity contribution < 1.29 is 4.74 Å². The molecule has 0 amide bonds. The van der Waals surface area contributed by atoms with Gasteiger partial charge in [-0.1, -0.05) is 20.8 Å². The first-order valence-corrected chi connectivity index (χ1v) is 6.02. The van der Waals surface area contributed by atoms with E-state index in [0.717, 1.165) is 12.5 Å². The highest BCUT2D eigenvalue weighted by Gasteiger charge is 2.22. The van der Waals surface area contributed by atoms with Crippen LogP contribution in [0.15, 0.2) is 0 Å². The van der Waals surface area contributed by atoms with Crippen molar-refractivity contribution in [3.63, 3.8) is 0 Å². The van der Waals surface area contributed by atoms with Crippen LogP contribution in [0.5, 0.6) is 0 Å². The second kappa shape index (κ2) is 5.72. The van der Waals surface area contributed by atoms with Crippen LogP contribution in [0.4, 0.5) is 0 Å². The molecule has 0 spiro atoms. The van der Waals surface area contributed by atoms with Crippen LogP contribution < -0.4 is 5.32 Å². The molecule has 2 nitrogen and oxygen atoms in total. The Bertz CT molecular complexity index is 158. The van der Waals surface area contributed by atoms with Gasteiger partial charge in [0.25, 0.3) is 0 Å². The molecule has 1 heterocycles. The fourth-order valence-corrected chi connectivity index (χ4v) is 2.17. The van der Waals surface area contributed by atoms with Crippen LogP contribution in [0.3, 0.4) is 0 Å². The van der Waals surface area contributed by atoms with Crippen molar-refractivity contribution >= 4 is 0 Å². The summed E-state index contributed by atoms with van der Waals surface area (Å²) < 4.78 is 5.77. The molecule has 1 N–H and O–H groups in total. The number of rotatable bonds is 5. The van der Waals surface area contributed by atoms with Crippen LogP contribution in [-0.4, -0.2) is 24.8 Å². The molecule has 1 rings (SSSR count). The predicted octanol–water partition coefficient (Wildman–Crippen LogP) is 2.58. The van der Waals surface area contributed by atoms with Gasteiger partial charge < -0.3 is 10.1 Å². The Morgan fingerprint density at radius 1 is 1.36 bits per heavy atom. The molecular weight excluding hydrogens is 174 g/mol. The van der Waals surface area contributed by atoms with E-state index in [1.807, 2.05) is 0 Å². The highest BCUT2D eigenvalue weighted by Crippen LogP contribution is 2.18. The molecule has 0 bridgehead atoms. The molecule has 1 aliphatic heterocycles. The number of hydrogen-bond donors (Lipinski definition) is 1. The maximum Gasteiger partial charge on any atom is 0.0704 e. The standard InChI is InChI=1S/C12H25NO/c1-5-12(9(2)3)13-8-11-7-6-10(4)14-11/h9-13H,5-8H2,1-4H3. The molecule has 3 unspecified atom stereocenters. The van der Waals surface area contributed by atoms with Crippen LogP contribution in [-0.2, 0) is 4.74 Å². The van der Waals surface area contributed by atoms with Crippen molar-refractivity contribution in [2.24, 2.45) is 5.92 Å². The van der Waals surface area contributed by atoms with Crippen LogP contribution >= 0.6 is 0 Å². The Balaban J connectivity index is 2.18. The zero-order valence-corrected chi connectivity index (χ0v) is 10.0. The van der Waals surface area contributed by atoms with Crippen molar-refractivity contribution in [2.75, 3.05) is 6.54 Å². The first-order chi connectivity index (χ1) is 6.63. The van der Waals surface area contributed by atoms with Crippen LogP contribution in [0.25, 0.3) is 0 Å². The van der Waals surface area contributed by atoms with Gasteiger partial charge in [0.15, 0.2) is 0 Å². The summed E-state index contributed by atoms with van der Waals surface area (Å²) in [6.07, 6.45) is 4.59. The summed E-state index contributed by atoms with van der Waals surface area (Å²) in [5, 5.41) is 3.61. The Labute approximate surface area is 88.4 Å². The normalized spacial score (nSPS) is 29.8. The number of hydrogen-bond acceptors (Lipinski definition) is 2. The third-order valence-corrected chi connectivity index (χ3v) is 3.17. The van der Waals surface area contributed by atoms with Gasteiger partial charge in [-0.2, -0.15) is 0 Å². The summed E-state index contributed by atoms with van der Waals surface area (Å²) in [6.45, 7) is 10.00. The van der Waals surface area contributed by atoms with Gasteiger partial charge in [-0.15, -0.1) is 0 Å². The topological polar surface area (TPSA) is 21.3 Å². The predicted molar refractivity (Wildman–Crippen MR) is 60.5 cm³/mol. The summed E-state index contributed by atoms with van der Waals surface area (Å²) in [4.78, 5) is 0. The van der Waals surface area contributed by atoms with E-state index in [9.17, 15) is 0 Å². The second-order valence-electron chi connectivity index (χ2n) is 4.81. The third-order valence-electron chi connectivity index (χ3n) is 3.17. The minimum atomic E-state index is 0.456. The first-order valence-electron chi connectivity index (χ1n) is 6.02. The Hall–Kier alpha value is -0.0800. The van der Waals surface area contributed by atoms with Gasteiger partial charge in [-0.05, 0) is 32.1 Å². The molecule has 0 radical (unpaired) electrons. The molecule has 0 aromatic heterocycles. The van der Waals surface area contributed by atoms with Crippen LogP contribution in [0.1, 0.15) is 47.0 Å². The summed E-state index contributed by atoms with van der Waals surface area (Å²) in [5.41, 5.74) is 0. The van der Waals surface area contributed by atoms with E-state index < -0.39 is 0 Å². The van der Waals surface area contributed by atoms with Crippen LogP contribution in [0, 0.1) is 5.92 Å². The summed E-state index contributed by atoms with van der Waals surface area (Å²) in [5.74, 6) is 0.721. The quantitative estimate of drug-likeness (QED) is 0.735. The average molecular weight is 199 g/mol. The maximum absolute atomic E-state index is 5.77. The molecule has 1 saturated heterocycles. The first kappa shape index (κ1) is 12.0. The van der Waals surface area contributed by atoms with Gasteiger partial charge in [-0.25, -0.2) is 0 Å². The van der Waals surface area contributed by atoms with Crippen LogP contribution in [0.2, 0.25) is 0 Å². The molecule has 14 heavy (non-hydrogen) atoms. The maximum atomic E-state index is 5.77. The highest BCUT2D eigenvalue weighted by molar-refractivity contribution is 4.76. The fraction of sp³-hybridized carbons (Fsp3) is 1.00. The van der Waals surface area contributed by atoms with E-state index in [1.54, 1.807) is 0 Å². The van der Waals surface area contributed by atoms with Gasteiger partial charge in [-0.3, -0.25) is 0 Å². The summed E-state index contributed by atoms with van der Waals surface area (Å²) in [6, 6.07) is 0.648. The largest absolute Gasteiger partial charge is 0.374 e. The lowest BCUT2D eigenvalue weighted by Gasteiger charge is -2.22. The molecule has 2 heteroatoms. The van der Waals surface area contributed by atoms with Crippen molar-refractivity contribution in [1.82, 2.24) is 5.32 Å². The van der Waals surface area contributed by atoms with Crippen molar-refractivity contribution in [2.45, 2.75) is 65.2 Å². The fourth-order valence-electron chi connectivity index (χ4n) is 2.17. The summed E-state index contributed by atoms with van der Waals surface area (Å²) in [7, 11) is 0. The van der Waals surface area contributed by atoms with Gasteiger partial charge in [0, 0.05) is 12.6 Å². The Kier molecular flexibility index (Phi) is 4.90. The molecule has 3 atom stereocenters. The van der Waals surface area contributed by atoms with Crippen molar-refractivity contribution in [3.8, 4) is 0 Å². The molecule has 0 saturated carbocycles. The van der Waals surface area contributed by atoms with Gasteiger partial charge in [0.05, 0.1) is 12.2 Å². The molecule has 1 fully saturated rings. The molecule has 0 aliphatic carbocycles. The third kappa shape index (κ3) is 3.58. The Morgan fingerprint density at radius 3 is 2.50 bits per heavy atom. The van der Waals surface area contributed by atoms with E-state index in [4.69, 9.17) is 4.74 Å². The molecule has 0 aromatic rings. The van der Waals surface area contributed by atoms with Crippen molar-refractivity contribution in [1.29, 1.82) is 0 Å². The highest BCUT2D eigenvalue weighted by atomic mass is 16.5. The number of nitrogens with one attached hydrogen (secondary N) is 1. The lowest BCUT2D eigenvalue weighted by atomic mass is 10.0. The Morgan fingerprint density at radius 2 is 2.07 bits per heavy atom. The summed E-state index contributed by atoms with van der Waals surface area (Å²) >= 11 is 0.